The molecule has 0 spiro atoms. The number of carbonyl (C=O) groups excluding carboxylic acids is 1. The van der Waals surface area contributed by atoms with Crippen LogP contribution >= 0.6 is 0 Å². The normalized spacial score (nSPS) is 22.6. The van der Waals surface area contributed by atoms with Gasteiger partial charge in [0.25, 0.3) is 0 Å². The summed E-state index contributed by atoms with van der Waals surface area (Å²) < 4.78 is 0. The van der Waals surface area contributed by atoms with Crippen molar-refractivity contribution < 1.29 is 4.79 Å². The molecule has 17 heavy (non-hydrogen) atoms. The average Bonchev–Trinajstić information content (AvgIpc) is 2.29. The highest BCUT2D eigenvalue weighted by atomic mass is 16.1. The van der Waals surface area contributed by atoms with Crippen LogP contribution in [0.15, 0.2) is 0 Å². The third-order valence-electron chi connectivity index (χ3n) is 3.92. The Morgan fingerprint density at radius 3 is 2.35 bits per heavy atom. The van der Waals surface area contributed by atoms with E-state index in [4.69, 9.17) is 5.73 Å². The van der Waals surface area contributed by atoms with E-state index >= 15 is 0 Å². The van der Waals surface area contributed by atoms with Crippen molar-refractivity contribution in [3.63, 3.8) is 0 Å². The quantitative estimate of drug-likeness (QED) is 0.681. The summed E-state index contributed by atoms with van der Waals surface area (Å²) in [6, 6.07) is 0.667. The van der Waals surface area contributed by atoms with E-state index in [9.17, 15) is 4.79 Å². The molecule has 1 amide bonds. The second kappa shape index (κ2) is 5.80. The first-order chi connectivity index (χ1) is 7.89. The number of carbonyl (C=O) groups is 1. The van der Waals surface area contributed by atoms with Crippen molar-refractivity contribution in [2.75, 3.05) is 40.8 Å². The van der Waals surface area contributed by atoms with Gasteiger partial charge in [-0.15, -0.1) is 0 Å². The van der Waals surface area contributed by atoms with Crippen molar-refractivity contribution in [3.8, 4) is 0 Å². The van der Waals surface area contributed by atoms with Gasteiger partial charge in [-0.25, -0.2) is 0 Å². The van der Waals surface area contributed by atoms with Crippen LogP contribution in [-0.2, 0) is 4.79 Å². The molecule has 3 N–H and O–H groups in total. The number of piperidine rings is 1. The molecule has 0 aromatic rings. The van der Waals surface area contributed by atoms with E-state index in [0.717, 1.165) is 25.9 Å². The molecule has 0 bridgehead atoms. The molecular formula is C12H26N4O. The molecule has 1 rings (SSSR count). The van der Waals surface area contributed by atoms with Crippen LogP contribution in [0.1, 0.15) is 19.8 Å². The maximum Gasteiger partial charge on any atom is 0.238 e. The predicted octanol–water partition coefficient (Wildman–Crippen LogP) is -0.524. The standard InChI is InChI=1S/C12H26N4O/c1-12(14-2,11(13)17)9-16-7-5-10(6-8-16)15(3)4/h10,14H,5-9H2,1-4H3,(H2,13,17). The number of likely N-dealkylation sites (N-methyl/N-ethyl adjacent to an activating group) is 1. The van der Waals surface area contributed by atoms with Crippen LogP contribution in [0.4, 0.5) is 0 Å². The van der Waals surface area contributed by atoms with Gasteiger partial charge in [-0.3, -0.25) is 4.79 Å². The molecule has 1 atom stereocenters. The first kappa shape index (κ1) is 14.4. The van der Waals surface area contributed by atoms with Gasteiger partial charge in [-0.1, -0.05) is 0 Å². The summed E-state index contributed by atoms with van der Waals surface area (Å²) in [6.45, 7) is 4.63. The van der Waals surface area contributed by atoms with Crippen molar-refractivity contribution in [1.82, 2.24) is 15.1 Å². The van der Waals surface area contributed by atoms with Crippen molar-refractivity contribution in [3.05, 3.63) is 0 Å². The highest BCUT2D eigenvalue weighted by Crippen LogP contribution is 2.16. The largest absolute Gasteiger partial charge is 0.368 e. The molecule has 1 aliphatic heterocycles. The molecule has 1 unspecified atom stereocenters. The summed E-state index contributed by atoms with van der Waals surface area (Å²) >= 11 is 0. The molecular weight excluding hydrogens is 216 g/mol. The van der Waals surface area contributed by atoms with Crippen molar-refractivity contribution in [2.45, 2.75) is 31.3 Å². The van der Waals surface area contributed by atoms with E-state index in [2.05, 4.69) is 29.2 Å². The van der Waals surface area contributed by atoms with Crippen molar-refractivity contribution in [1.29, 1.82) is 0 Å². The zero-order valence-corrected chi connectivity index (χ0v) is 11.5. The third-order valence-corrected chi connectivity index (χ3v) is 3.92. The molecule has 100 valence electrons. The number of hydrogen-bond donors (Lipinski definition) is 2. The van der Waals surface area contributed by atoms with Crippen LogP contribution in [-0.4, -0.2) is 68.1 Å². The first-order valence-corrected chi connectivity index (χ1v) is 6.26. The Morgan fingerprint density at radius 1 is 1.47 bits per heavy atom. The maximum atomic E-state index is 11.4. The van der Waals surface area contributed by atoms with E-state index in [0.29, 0.717) is 12.6 Å². The minimum atomic E-state index is -0.620. The monoisotopic (exact) mass is 242 g/mol. The smallest absolute Gasteiger partial charge is 0.238 e. The molecule has 1 aliphatic rings. The molecule has 5 heteroatoms. The zero-order chi connectivity index (χ0) is 13.1. The lowest BCUT2D eigenvalue weighted by Gasteiger charge is -2.39. The second-order valence-corrected chi connectivity index (χ2v) is 5.42. The summed E-state index contributed by atoms with van der Waals surface area (Å²) in [7, 11) is 6.04. The molecule has 0 radical (unpaired) electrons. The van der Waals surface area contributed by atoms with E-state index < -0.39 is 5.54 Å². The summed E-state index contributed by atoms with van der Waals surface area (Å²) in [5.74, 6) is -0.283. The van der Waals surface area contributed by atoms with Crippen LogP contribution in [0.25, 0.3) is 0 Å². The number of amides is 1. The van der Waals surface area contributed by atoms with Gasteiger partial charge in [0.05, 0.1) is 0 Å². The Kier molecular flexibility index (Phi) is 4.91. The number of nitrogens with one attached hydrogen (secondary N) is 1. The maximum absolute atomic E-state index is 11.4. The molecule has 0 aromatic heterocycles. The number of nitrogens with zero attached hydrogens (tertiary/aromatic N) is 2. The minimum absolute atomic E-state index is 0.283. The van der Waals surface area contributed by atoms with Gasteiger partial charge in [-0.05, 0) is 54.0 Å². The lowest BCUT2D eigenvalue weighted by Crippen LogP contribution is -2.59. The van der Waals surface area contributed by atoms with Gasteiger partial charge in [0.15, 0.2) is 0 Å². The fourth-order valence-electron chi connectivity index (χ4n) is 2.32. The Balaban J connectivity index is 2.47. The molecule has 5 nitrogen and oxygen atoms in total. The molecule has 0 saturated carbocycles. The fraction of sp³-hybridized carbons (Fsp3) is 0.917. The van der Waals surface area contributed by atoms with Gasteiger partial charge >= 0.3 is 0 Å². The number of primary amides is 1. The third kappa shape index (κ3) is 3.66. The predicted molar refractivity (Wildman–Crippen MR) is 69.8 cm³/mol. The van der Waals surface area contributed by atoms with E-state index in [1.165, 1.54) is 0 Å². The average molecular weight is 242 g/mol. The van der Waals surface area contributed by atoms with Gasteiger partial charge < -0.3 is 20.9 Å². The number of likely N-dealkylation sites (tertiary alicyclic amines) is 1. The van der Waals surface area contributed by atoms with Gasteiger partial charge in [0.1, 0.15) is 5.54 Å². The minimum Gasteiger partial charge on any atom is -0.368 e. The highest BCUT2D eigenvalue weighted by molar-refractivity contribution is 5.84. The van der Waals surface area contributed by atoms with Crippen LogP contribution in [0.2, 0.25) is 0 Å². The second-order valence-electron chi connectivity index (χ2n) is 5.42. The summed E-state index contributed by atoms with van der Waals surface area (Å²) in [4.78, 5) is 16.0. The van der Waals surface area contributed by atoms with Crippen LogP contribution < -0.4 is 11.1 Å². The van der Waals surface area contributed by atoms with E-state index in [-0.39, 0.29) is 5.91 Å². The van der Waals surface area contributed by atoms with Crippen molar-refractivity contribution >= 4 is 5.91 Å². The fourth-order valence-corrected chi connectivity index (χ4v) is 2.32. The summed E-state index contributed by atoms with van der Waals surface area (Å²) in [5, 5.41) is 3.03. The number of nitrogens with two attached hydrogens (primary N) is 1. The first-order valence-electron chi connectivity index (χ1n) is 6.26. The SMILES string of the molecule is CNC(C)(CN1CCC(N(C)C)CC1)C(N)=O. The molecule has 1 fully saturated rings. The summed E-state index contributed by atoms with van der Waals surface area (Å²) in [6.07, 6.45) is 2.32. The number of hydrogen-bond acceptors (Lipinski definition) is 4. The lowest BCUT2D eigenvalue weighted by atomic mass is 9.97. The van der Waals surface area contributed by atoms with Gasteiger partial charge in [0.2, 0.25) is 5.91 Å². The van der Waals surface area contributed by atoms with Crippen LogP contribution in [0, 0.1) is 0 Å². The topological polar surface area (TPSA) is 61.6 Å². The van der Waals surface area contributed by atoms with Crippen molar-refractivity contribution in [2.24, 2.45) is 5.73 Å². The Labute approximate surface area is 104 Å². The molecule has 0 aromatic carbocycles. The van der Waals surface area contributed by atoms with Crippen LogP contribution in [0.3, 0.4) is 0 Å². The Hall–Kier alpha value is -0.650. The zero-order valence-electron chi connectivity index (χ0n) is 11.5. The lowest BCUT2D eigenvalue weighted by molar-refractivity contribution is -0.124. The van der Waals surface area contributed by atoms with Gasteiger partial charge in [0, 0.05) is 12.6 Å². The molecule has 1 saturated heterocycles. The molecule has 0 aliphatic carbocycles. The van der Waals surface area contributed by atoms with Crippen LogP contribution in [0.5, 0.6) is 0 Å². The number of rotatable bonds is 5. The Morgan fingerprint density at radius 2 is 2.00 bits per heavy atom. The van der Waals surface area contributed by atoms with E-state index in [1.807, 2.05) is 6.92 Å². The molecule has 1 heterocycles. The summed E-state index contributed by atoms with van der Waals surface area (Å²) in [5.41, 5.74) is 4.82. The Bertz CT molecular complexity index is 261. The van der Waals surface area contributed by atoms with Gasteiger partial charge in [-0.2, -0.15) is 0 Å². The highest BCUT2D eigenvalue weighted by Gasteiger charge is 2.33. The van der Waals surface area contributed by atoms with E-state index in [1.54, 1.807) is 7.05 Å².